The van der Waals surface area contributed by atoms with Gasteiger partial charge in [0.15, 0.2) is 0 Å². The van der Waals surface area contributed by atoms with Gasteiger partial charge in [-0.15, -0.1) is 4.68 Å². The topological polar surface area (TPSA) is 90.1 Å². The Morgan fingerprint density at radius 3 is 2.86 bits per heavy atom. The van der Waals surface area contributed by atoms with Crippen LogP contribution in [0.25, 0.3) is 5.69 Å². The molecule has 7 nitrogen and oxygen atoms in total. The zero-order valence-electron chi connectivity index (χ0n) is 10.4. The van der Waals surface area contributed by atoms with Crippen LogP contribution in [0.2, 0.25) is 0 Å². The summed E-state index contributed by atoms with van der Waals surface area (Å²) < 4.78 is 15.0. The number of rotatable bonds is 4. The molecule has 0 aliphatic carbocycles. The highest BCUT2D eigenvalue weighted by Gasteiger charge is 2.20. The van der Waals surface area contributed by atoms with E-state index in [9.17, 15) is 19.3 Å². The van der Waals surface area contributed by atoms with E-state index in [1.165, 1.54) is 23.0 Å². The number of amides is 1. The van der Waals surface area contributed by atoms with Crippen LogP contribution in [0.4, 0.5) is 15.9 Å². The van der Waals surface area contributed by atoms with E-state index in [0.29, 0.717) is 5.69 Å². The number of aromatic nitrogens is 2. The number of carbonyl (C=O) groups excluding carboxylic acids is 1. The van der Waals surface area contributed by atoms with Crippen molar-refractivity contribution in [3.05, 3.63) is 57.5 Å². The van der Waals surface area contributed by atoms with E-state index in [0.717, 1.165) is 12.1 Å². The first kappa shape index (κ1) is 14.9. The van der Waals surface area contributed by atoms with E-state index in [2.05, 4.69) is 32.9 Å². The summed E-state index contributed by atoms with van der Waals surface area (Å²) in [6, 6.07) is 3.80. The Bertz CT molecular complexity index is 744. The van der Waals surface area contributed by atoms with Crippen molar-refractivity contribution in [2.75, 3.05) is 5.32 Å². The van der Waals surface area contributed by atoms with Gasteiger partial charge in [-0.05, 0) is 45.1 Å². The van der Waals surface area contributed by atoms with Gasteiger partial charge in [-0.2, -0.15) is 0 Å². The summed E-state index contributed by atoms with van der Waals surface area (Å²) in [5.41, 5.74) is 0.274. The minimum absolute atomic E-state index is 0.0772. The van der Waals surface area contributed by atoms with Crippen LogP contribution in [0.1, 0.15) is 0 Å². The predicted octanol–water partition coefficient (Wildman–Crippen LogP) is 2.81. The Kier molecular flexibility index (Phi) is 4.13. The fourth-order valence-electron chi connectivity index (χ4n) is 1.54. The zero-order chi connectivity index (χ0) is 15.6. The zero-order valence-corrected chi connectivity index (χ0v) is 12.0. The molecule has 0 aliphatic heterocycles. The molecule has 0 bridgehead atoms. The molecular weight excluding hydrogens is 347 g/mol. The van der Waals surface area contributed by atoms with Crippen molar-refractivity contribution in [3.63, 3.8) is 0 Å². The lowest BCUT2D eigenvalue weighted by molar-refractivity contribution is -0.390. The summed E-state index contributed by atoms with van der Waals surface area (Å²) in [5, 5.41) is 16.8. The Labute approximate surface area is 126 Å². The number of nitrogens with zero attached hydrogens (tertiary/aromatic N) is 3. The lowest BCUT2D eigenvalue weighted by atomic mass is 10.2. The normalized spacial score (nSPS) is 10.2. The van der Waals surface area contributed by atoms with Gasteiger partial charge in [0.2, 0.25) is 5.91 Å². The van der Waals surface area contributed by atoms with Gasteiger partial charge in [-0.25, -0.2) is 4.39 Å². The van der Waals surface area contributed by atoms with Crippen LogP contribution in [0.5, 0.6) is 0 Å². The molecule has 0 spiro atoms. The molecule has 0 fully saturated rings. The highest BCUT2D eigenvalue weighted by atomic mass is 79.9. The number of anilines is 1. The molecule has 0 radical (unpaired) electrons. The number of halogens is 2. The summed E-state index contributed by atoms with van der Waals surface area (Å²) in [6.45, 7) is 3.27. The fraction of sp³-hybridized carbons (Fsp3) is 0. The lowest BCUT2D eigenvalue weighted by Crippen LogP contribution is -2.09. The molecule has 9 heteroatoms. The van der Waals surface area contributed by atoms with Crippen molar-refractivity contribution in [1.29, 1.82) is 0 Å². The third kappa shape index (κ3) is 3.14. The molecule has 21 heavy (non-hydrogen) atoms. The highest BCUT2D eigenvalue weighted by molar-refractivity contribution is 9.10. The summed E-state index contributed by atoms with van der Waals surface area (Å²) in [4.78, 5) is 21.3. The van der Waals surface area contributed by atoms with Gasteiger partial charge in [-0.3, -0.25) is 4.79 Å². The molecule has 1 aromatic heterocycles. The Balaban J connectivity index is 2.43. The van der Waals surface area contributed by atoms with Gasteiger partial charge in [-0.1, -0.05) is 6.58 Å². The molecule has 0 unspecified atom stereocenters. The quantitative estimate of drug-likeness (QED) is 0.519. The molecule has 1 amide bonds. The van der Waals surface area contributed by atoms with Crippen LogP contribution < -0.4 is 5.32 Å². The van der Waals surface area contributed by atoms with E-state index in [1.54, 1.807) is 0 Å². The van der Waals surface area contributed by atoms with Crippen LogP contribution in [-0.2, 0) is 4.79 Å². The Morgan fingerprint density at radius 2 is 2.29 bits per heavy atom. The average Bonchev–Trinajstić information content (AvgIpc) is 2.83. The third-order valence-corrected chi connectivity index (χ3v) is 3.04. The molecule has 0 saturated heterocycles. The van der Waals surface area contributed by atoms with Crippen molar-refractivity contribution in [1.82, 2.24) is 9.78 Å². The van der Waals surface area contributed by atoms with Crippen molar-refractivity contribution >= 4 is 33.3 Å². The second-order valence-electron chi connectivity index (χ2n) is 3.86. The number of nitrogens with one attached hydrogen (secondary N) is 1. The maximum atomic E-state index is 13.6. The molecule has 2 aromatic rings. The predicted molar refractivity (Wildman–Crippen MR) is 76.7 cm³/mol. The maximum absolute atomic E-state index is 13.6. The van der Waals surface area contributed by atoms with Gasteiger partial charge in [0.25, 0.3) is 0 Å². The van der Waals surface area contributed by atoms with Crippen LogP contribution in [0, 0.1) is 15.9 Å². The number of nitro groups is 1. The van der Waals surface area contributed by atoms with Crippen LogP contribution >= 0.6 is 15.9 Å². The SMILES string of the molecule is C=CC(=O)Nc1cc(-n2cc(Br)c([N+](=O)[O-])n2)ccc1F. The minimum atomic E-state index is -0.648. The van der Waals surface area contributed by atoms with E-state index in [-0.39, 0.29) is 16.0 Å². The van der Waals surface area contributed by atoms with E-state index in [4.69, 9.17) is 0 Å². The van der Waals surface area contributed by atoms with Crippen molar-refractivity contribution in [2.45, 2.75) is 0 Å². The highest BCUT2D eigenvalue weighted by Crippen LogP contribution is 2.25. The molecule has 1 N–H and O–H groups in total. The van der Waals surface area contributed by atoms with Gasteiger partial charge in [0.1, 0.15) is 10.3 Å². The molecule has 2 rings (SSSR count). The molecule has 108 valence electrons. The fourth-order valence-corrected chi connectivity index (χ4v) is 1.95. The van der Waals surface area contributed by atoms with Gasteiger partial charge >= 0.3 is 5.82 Å². The van der Waals surface area contributed by atoms with Crippen LogP contribution in [0.3, 0.4) is 0 Å². The molecule has 0 atom stereocenters. The van der Waals surface area contributed by atoms with Gasteiger partial charge < -0.3 is 15.4 Å². The second kappa shape index (κ2) is 5.83. The largest absolute Gasteiger partial charge is 0.404 e. The Morgan fingerprint density at radius 1 is 1.57 bits per heavy atom. The second-order valence-corrected chi connectivity index (χ2v) is 4.71. The first-order valence-corrected chi connectivity index (χ1v) is 6.34. The van der Waals surface area contributed by atoms with E-state index in [1.807, 2.05) is 0 Å². The summed E-state index contributed by atoms with van der Waals surface area (Å²) >= 11 is 3.02. The molecular formula is C12H8BrFN4O3. The third-order valence-electron chi connectivity index (χ3n) is 2.48. The smallest absolute Gasteiger partial charge is 0.358 e. The van der Waals surface area contributed by atoms with E-state index >= 15 is 0 Å². The maximum Gasteiger partial charge on any atom is 0.404 e. The first-order valence-electron chi connectivity index (χ1n) is 5.55. The van der Waals surface area contributed by atoms with Gasteiger partial charge in [0, 0.05) is 0 Å². The Hall–Kier alpha value is -2.55. The van der Waals surface area contributed by atoms with Crippen LogP contribution in [-0.4, -0.2) is 20.6 Å². The van der Waals surface area contributed by atoms with Crippen molar-refractivity contribution in [2.24, 2.45) is 0 Å². The first-order chi connectivity index (χ1) is 9.92. The average molecular weight is 355 g/mol. The van der Waals surface area contributed by atoms with Gasteiger partial charge in [0.05, 0.1) is 22.7 Å². The lowest BCUT2D eigenvalue weighted by Gasteiger charge is -2.05. The van der Waals surface area contributed by atoms with E-state index < -0.39 is 16.6 Å². The standard InChI is InChI=1S/C12H8BrFN4O3/c1-2-11(19)15-10-5-7(3-4-9(10)14)17-6-8(13)12(16-17)18(20)21/h2-6H,1H2,(H,15,19). The van der Waals surface area contributed by atoms with Crippen molar-refractivity contribution in [3.8, 4) is 5.69 Å². The molecule has 0 saturated carbocycles. The molecule has 1 aromatic carbocycles. The van der Waals surface area contributed by atoms with Crippen LogP contribution in [0.15, 0.2) is 41.5 Å². The summed E-state index contributed by atoms with van der Waals surface area (Å²) in [5.74, 6) is -1.58. The number of carbonyl (C=O) groups is 1. The minimum Gasteiger partial charge on any atom is -0.358 e. The van der Waals surface area contributed by atoms with Crippen molar-refractivity contribution < 1.29 is 14.1 Å². The molecule has 0 aliphatic rings. The monoisotopic (exact) mass is 354 g/mol. The summed E-state index contributed by atoms with van der Waals surface area (Å²) in [6.07, 6.45) is 2.37. The number of benzene rings is 1. The number of hydrogen-bond acceptors (Lipinski definition) is 4. The summed E-state index contributed by atoms with van der Waals surface area (Å²) in [7, 11) is 0. The molecule has 1 heterocycles. The number of hydrogen-bond donors (Lipinski definition) is 1.